The minimum absolute atomic E-state index is 0.272. The molecule has 0 saturated heterocycles. The molecule has 32 heavy (non-hydrogen) atoms. The van der Waals surface area contributed by atoms with Crippen molar-refractivity contribution in [2.45, 2.75) is 13.3 Å². The normalized spacial score (nSPS) is 10.6. The van der Waals surface area contributed by atoms with Crippen molar-refractivity contribution >= 4 is 28.9 Å². The van der Waals surface area contributed by atoms with Gasteiger partial charge in [-0.25, -0.2) is 9.97 Å². The van der Waals surface area contributed by atoms with E-state index >= 15 is 0 Å². The molecule has 2 N–H and O–H groups in total. The number of aromatic nitrogens is 3. The molecule has 2 aromatic heterocycles. The number of hydrogen-bond acceptors (Lipinski definition) is 5. The Morgan fingerprint density at radius 2 is 1.69 bits per heavy atom. The molecule has 0 bridgehead atoms. The lowest BCUT2D eigenvalue weighted by atomic mass is 10.1. The highest BCUT2D eigenvalue weighted by Gasteiger charge is 2.16. The molecule has 1 amide bonds. The third-order valence-electron chi connectivity index (χ3n) is 4.85. The zero-order valence-corrected chi connectivity index (χ0v) is 18.3. The maximum absolute atomic E-state index is 13.0. The Morgan fingerprint density at radius 3 is 2.41 bits per heavy atom. The van der Waals surface area contributed by atoms with E-state index in [4.69, 9.17) is 11.6 Å². The van der Waals surface area contributed by atoms with Gasteiger partial charge in [0.25, 0.3) is 5.91 Å². The zero-order valence-electron chi connectivity index (χ0n) is 17.5. The van der Waals surface area contributed by atoms with Gasteiger partial charge in [-0.3, -0.25) is 9.78 Å². The van der Waals surface area contributed by atoms with Crippen molar-refractivity contribution < 1.29 is 4.79 Å². The smallest absolute Gasteiger partial charge is 0.259 e. The highest BCUT2D eigenvalue weighted by atomic mass is 35.5. The SMILES string of the molecule is Cc1ncc(C(=O)Nc2ccc(NCCc3ccccn3)cc2)c(-c2ccc(Cl)cc2)n1. The molecule has 7 heteroatoms. The standard InChI is InChI=1S/C25H22ClN5O/c1-17-29-16-23(24(30-17)18-5-7-19(26)8-6-18)25(32)31-22-11-9-21(10-12-22)28-15-13-20-4-2-3-14-27-20/h2-12,14,16,28H,13,15H2,1H3,(H,31,32). The number of amides is 1. The largest absolute Gasteiger partial charge is 0.385 e. The molecule has 0 saturated carbocycles. The van der Waals surface area contributed by atoms with Crippen LogP contribution < -0.4 is 10.6 Å². The molecule has 0 atom stereocenters. The molecule has 2 aromatic carbocycles. The number of benzene rings is 2. The van der Waals surface area contributed by atoms with E-state index < -0.39 is 0 Å². The third-order valence-corrected chi connectivity index (χ3v) is 5.10. The summed E-state index contributed by atoms with van der Waals surface area (Å²) in [6.45, 7) is 2.56. The van der Waals surface area contributed by atoms with Crippen LogP contribution in [0.25, 0.3) is 11.3 Å². The van der Waals surface area contributed by atoms with Gasteiger partial charge in [-0.1, -0.05) is 29.8 Å². The maximum Gasteiger partial charge on any atom is 0.259 e. The number of nitrogens with zero attached hydrogens (tertiary/aromatic N) is 3. The van der Waals surface area contributed by atoms with Gasteiger partial charge in [0.1, 0.15) is 5.82 Å². The van der Waals surface area contributed by atoms with Gasteiger partial charge in [-0.2, -0.15) is 0 Å². The fraction of sp³-hybridized carbons (Fsp3) is 0.120. The number of rotatable bonds is 7. The second-order valence-electron chi connectivity index (χ2n) is 7.22. The zero-order chi connectivity index (χ0) is 22.3. The molecule has 0 fully saturated rings. The van der Waals surface area contributed by atoms with Crippen LogP contribution in [-0.4, -0.2) is 27.4 Å². The summed E-state index contributed by atoms with van der Waals surface area (Å²) in [5.74, 6) is 0.318. The highest BCUT2D eigenvalue weighted by Crippen LogP contribution is 2.24. The van der Waals surface area contributed by atoms with Crippen molar-refractivity contribution in [3.63, 3.8) is 0 Å². The Morgan fingerprint density at radius 1 is 0.938 bits per heavy atom. The molecule has 0 aliphatic carbocycles. The van der Waals surface area contributed by atoms with E-state index in [0.717, 1.165) is 29.9 Å². The minimum Gasteiger partial charge on any atom is -0.385 e. The molecule has 4 aromatic rings. The first kappa shape index (κ1) is 21.5. The number of halogens is 1. The summed E-state index contributed by atoms with van der Waals surface area (Å²) < 4.78 is 0. The second kappa shape index (κ2) is 10.0. The van der Waals surface area contributed by atoms with E-state index in [-0.39, 0.29) is 5.91 Å². The first-order chi connectivity index (χ1) is 15.6. The summed E-state index contributed by atoms with van der Waals surface area (Å²) in [4.78, 5) is 26.0. The van der Waals surface area contributed by atoms with Crippen molar-refractivity contribution in [3.8, 4) is 11.3 Å². The maximum atomic E-state index is 13.0. The van der Waals surface area contributed by atoms with Gasteiger partial charge in [0.15, 0.2) is 0 Å². The van der Waals surface area contributed by atoms with Crippen LogP contribution >= 0.6 is 11.6 Å². The van der Waals surface area contributed by atoms with Gasteiger partial charge in [-0.05, 0) is 55.5 Å². The second-order valence-corrected chi connectivity index (χ2v) is 7.65. The molecule has 0 aliphatic heterocycles. The fourth-order valence-electron chi connectivity index (χ4n) is 3.21. The van der Waals surface area contributed by atoms with Crippen LogP contribution in [0.4, 0.5) is 11.4 Å². The van der Waals surface area contributed by atoms with Crippen molar-refractivity contribution in [1.82, 2.24) is 15.0 Å². The number of carbonyl (C=O) groups is 1. The molecule has 0 unspecified atom stereocenters. The number of aryl methyl sites for hydroxylation is 1. The predicted octanol–water partition coefficient (Wildman–Crippen LogP) is 5.41. The molecule has 0 radical (unpaired) electrons. The lowest BCUT2D eigenvalue weighted by Crippen LogP contribution is -2.15. The van der Waals surface area contributed by atoms with Crippen molar-refractivity contribution in [2.75, 3.05) is 17.2 Å². The van der Waals surface area contributed by atoms with Crippen LogP contribution in [0.3, 0.4) is 0 Å². The molecule has 160 valence electrons. The molecule has 0 spiro atoms. The Bertz CT molecular complexity index is 1200. The average molecular weight is 444 g/mol. The van der Waals surface area contributed by atoms with E-state index in [1.54, 1.807) is 31.5 Å². The van der Waals surface area contributed by atoms with Gasteiger partial charge >= 0.3 is 0 Å². The highest BCUT2D eigenvalue weighted by molar-refractivity contribution is 6.30. The lowest BCUT2D eigenvalue weighted by molar-refractivity contribution is 0.102. The number of carbonyl (C=O) groups excluding carboxylic acids is 1. The van der Waals surface area contributed by atoms with E-state index in [1.165, 1.54) is 0 Å². The van der Waals surface area contributed by atoms with Gasteiger partial charge in [0, 0.05) is 53.0 Å². The summed E-state index contributed by atoms with van der Waals surface area (Å²) in [6, 6.07) is 20.7. The van der Waals surface area contributed by atoms with Crippen molar-refractivity contribution in [2.24, 2.45) is 0 Å². The number of pyridine rings is 1. The minimum atomic E-state index is -0.272. The Kier molecular flexibility index (Phi) is 6.72. The van der Waals surface area contributed by atoms with Crippen LogP contribution in [-0.2, 0) is 6.42 Å². The van der Waals surface area contributed by atoms with Crippen molar-refractivity contribution in [3.05, 3.63) is 101 Å². The first-order valence-corrected chi connectivity index (χ1v) is 10.6. The third kappa shape index (κ3) is 5.47. The van der Waals surface area contributed by atoms with E-state index in [9.17, 15) is 4.79 Å². The van der Waals surface area contributed by atoms with Crippen molar-refractivity contribution in [1.29, 1.82) is 0 Å². The van der Waals surface area contributed by atoms with Crippen LogP contribution in [0.1, 0.15) is 21.9 Å². The summed E-state index contributed by atoms with van der Waals surface area (Å²) in [7, 11) is 0. The fourth-order valence-corrected chi connectivity index (χ4v) is 3.34. The topological polar surface area (TPSA) is 79.8 Å². The molecule has 0 aliphatic rings. The predicted molar refractivity (Wildman–Crippen MR) is 128 cm³/mol. The lowest BCUT2D eigenvalue weighted by Gasteiger charge is -2.11. The summed E-state index contributed by atoms with van der Waals surface area (Å²) in [5, 5.41) is 6.91. The van der Waals surface area contributed by atoms with E-state index in [1.807, 2.05) is 54.6 Å². The molecular weight excluding hydrogens is 422 g/mol. The summed E-state index contributed by atoms with van der Waals surface area (Å²) >= 11 is 6.00. The van der Waals surface area contributed by atoms with E-state index in [0.29, 0.717) is 27.8 Å². The van der Waals surface area contributed by atoms with Gasteiger partial charge in [0.2, 0.25) is 0 Å². The number of nitrogens with one attached hydrogen (secondary N) is 2. The molecule has 4 rings (SSSR count). The molecular formula is C25H22ClN5O. The summed E-state index contributed by atoms with van der Waals surface area (Å²) in [6.07, 6.45) is 4.18. The van der Waals surface area contributed by atoms with Gasteiger partial charge in [-0.15, -0.1) is 0 Å². The van der Waals surface area contributed by atoms with Crippen LogP contribution in [0.2, 0.25) is 5.02 Å². The van der Waals surface area contributed by atoms with Crippen LogP contribution in [0.15, 0.2) is 79.1 Å². The van der Waals surface area contributed by atoms with E-state index in [2.05, 4.69) is 25.6 Å². The van der Waals surface area contributed by atoms with Gasteiger partial charge in [0.05, 0.1) is 11.3 Å². The molecule has 6 nitrogen and oxygen atoms in total. The number of anilines is 2. The Balaban J connectivity index is 1.42. The van der Waals surface area contributed by atoms with Crippen LogP contribution in [0.5, 0.6) is 0 Å². The average Bonchev–Trinajstić information content (AvgIpc) is 2.81. The number of hydrogen-bond donors (Lipinski definition) is 2. The summed E-state index contributed by atoms with van der Waals surface area (Å²) in [5.41, 5.74) is 4.47. The van der Waals surface area contributed by atoms with Gasteiger partial charge < -0.3 is 10.6 Å². The first-order valence-electron chi connectivity index (χ1n) is 10.2. The van der Waals surface area contributed by atoms with Crippen LogP contribution in [0, 0.1) is 6.92 Å². The Hall–Kier alpha value is -3.77. The quantitative estimate of drug-likeness (QED) is 0.399. The monoisotopic (exact) mass is 443 g/mol. The molecule has 2 heterocycles. The Labute approximate surface area is 191 Å².